The molecule has 0 radical (unpaired) electrons. The van der Waals surface area contributed by atoms with Crippen LogP contribution in [0.4, 0.5) is 0 Å². The van der Waals surface area contributed by atoms with E-state index in [1.165, 1.54) is 19.4 Å². The first-order valence-corrected chi connectivity index (χ1v) is 4.66. The summed E-state index contributed by atoms with van der Waals surface area (Å²) in [5.74, 6) is 0. The van der Waals surface area contributed by atoms with Gasteiger partial charge in [-0.15, -0.1) is 11.8 Å². The van der Waals surface area contributed by atoms with Crippen molar-refractivity contribution in [2.24, 2.45) is 0 Å². The largest absolute Gasteiger partial charge is 0.304 e. The van der Waals surface area contributed by atoms with Crippen molar-refractivity contribution in [3.05, 3.63) is 0 Å². The summed E-state index contributed by atoms with van der Waals surface area (Å²) in [6.45, 7) is 5.73. The topological polar surface area (TPSA) is 12.0 Å². The van der Waals surface area contributed by atoms with E-state index in [-0.39, 0.29) is 0 Å². The average Bonchev–Trinajstić information content (AvgIpc) is 2.17. The Bertz CT molecular complexity index is 83.0. The zero-order valence-corrected chi connectivity index (χ0v) is 7.00. The zero-order chi connectivity index (χ0) is 6.69. The number of hydrogen-bond donors (Lipinski definition) is 1. The average molecular weight is 145 g/mol. The maximum absolute atomic E-state index is 3.47. The van der Waals surface area contributed by atoms with Crippen molar-refractivity contribution in [3.63, 3.8) is 0 Å². The summed E-state index contributed by atoms with van der Waals surface area (Å²) in [6, 6.07) is 0. The molecule has 2 unspecified atom stereocenters. The van der Waals surface area contributed by atoms with Crippen LogP contribution < -0.4 is 5.32 Å². The first-order valence-electron chi connectivity index (χ1n) is 3.71. The standard InChI is InChI=1S/C7H15NS/c1-3-4-7-8-5-6(2)9-7/h6-8H,3-5H2,1-2H3. The molecule has 1 nitrogen and oxygen atoms in total. The molecule has 0 amide bonds. The number of hydrogen-bond acceptors (Lipinski definition) is 2. The molecule has 0 aromatic carbocycles. The fraction of sp³-hybridized carbons (Fsp3) is 1.00. The highest BCUT2D eigenvalue weighted by molar-refractivity contribution is 8.00. The highest BCUT2D eigenvalue weighted by atomic mass is 32.2. The highest BCUT2D eigenvalue weighted by Crippen LogP contribution is 2.24. The Morgan fingerprint density at radius 1 is 1.67 bits per heavy atom. The molecule has 1 rings (SSSR count). The van der Waals surface area contributed by atoms with Gasteiger partial charge in [0, 0.05) is 11.8 Å². The summed E-state index contributed by atoms with van der Waals surface area (Å²) >= 11 is 2.08. The second-order valence-electron chi connectivity index (χ2n) is 2.63. The summed E-state index contributed by atoms with van der Waals surface area (Å²) in [4.78, 5) is 0. The van der Waals surface area contributed by atoms with Crippen LogP contribution in [0.25, 0.3) is 0 Å². The summed E-state index contributed by atoms with van der Waals surface area (Å²) in [6.07, 6.45) is 2.63. The smallest absolute Gasteiger partial charge is 0.0535 e. The number of thioether (sulfide) groups is 1. The van der Waals surface area contributed by atoms with Gasteiger partial charge >= 0.3 is 0 Å². The van der Waals surface area contributed by atoms with E-state index < -0.39 is 0 Å². The lowest BCUT2D eigenvalue weighted by molar-refractivity contribution is 0.635. The monoisotopic (exact) mass is 145 g/mol. The van der Waals surface area contributed by atoms with Crippen molar-refractivity contribution in [2.45, 2.75) is 37.3 Å². The molecule has 0 bridgehead atoms. The van der Waals surface area contributed by atoms with Crippen molar-refractivity contribution in [1.82, 2.24) is 5.32 Å². The van der Waals surface area contributed by atoms with Gasteiger partial charge in [-0.2, -0.15) is 0 Å². The lowest BCUT2D eigenvalue weighted by atomic mass is 10.3. The van der Waals surface area contributed by atoms with E-state index in [1.54, 1.807) is 0 Å². The Kier molecular flexibility index (Phi) is 2.86. The minimum Gasteiger partial charge on any atom is -0.304 e. The lowest BCUT2D eigenvalue weighted by Gasteiger charge is -2.05. The van der Waals surface area contributed by atoms with E-state index in [0.717, 1.165) is 10.6 Å². The van der Waals surface area contributed by atoms with Crippen LogP contribution in [0.15, 0.2) is 0 Å². The van der Waals surface area contributed by atoms with Crippen molar-refractivity contribution in [1.29, 1.82) is 0 Å². The maximum atomic E-state index is 3.47. The van der Waals surface area contributed by atoms with Gasteiger partial charge in [0.25, 0.3) is 0 Å². The van der Waals surface area contributed by atoms with Crippen molar-refractivity contribution >= 4 is 11.8 Å². The Balaban J connectivity index is 2.14. The van der Waals surface area contributed by atoms with Crippen molar-refractivity contribution < 1.29 is 0 Å². The highest BCUT2D eigenvalue weighted by Gasteiger charge is 2.19. The SMILES string of the molecule is CCCC1NCC(C)S1. The molecule has 1 aliphatic heterocycles. The summed E-state index contributed by atoms with van der Waals surface area (Å²) in [5.41, 5.74) is 0. The fourth-order valence-electron chi connectivity index (χ4n) is 1.11. The summed E-state index contributed by atoms with van der Waals surface area (Å²) in [5, 5.41) is 5.06. The quantitative estimate of drug-likeness (QED) is 0.636. The molecular weight excluding hydrogens is 130 g/mol. The van der Waals surface area contributed by atoms with Crippen LogP contribution in [0.3, 0.4) is 0 Å². The van der Waals surface area contributed by atoms with E-state index in [1.807, 2.05) is 0 Å². The first-order chi connectivity index (χ1) is 4.33. The normalized spacial score (nSPS) is 35.3. The van der Waals surface area contributed by atoms with Crippen LogP contribution in [-0.4, -0.2) is 17.2 Å². The van der Waals surface area contributed by atoms with Gasteiger partial charge < -0.3 is 5.32 Å². The van der Waals surface area contributed by atoms with E-state index in [4.69, 9.17) is 0 Å². The molecule has 54 valence electrons. The van der Waals surface area contributed by atoms with Crippen LogP contribution >= 0.6 is 11.8 Å². The zero-order valence-electron chi connectivity index (χ0n) is 6.18. The second kappa shape index (κ2) is 3.47. The Morgan fingerprint density at radius 3 is 2.89 bits per heavy atom. The molecule has 0 aliphatic carbocycles. The molecule has 0 aromatic heterocycles. The molecule has 9 heavy (non-hydrogen) atoms. The molecule has 2 heteroatoms. The van der Waals surface area contributed by atoms with E-state index in [9.17, 15) is 0 Å². The van der Waals surface area contributed by atoms with Crippen LogP contribution in [-0.2, 0) is 0 Å². The minimum absolute atomic E-state index is 0.755. The van der Waals surface area contributed by atoms with Crippen LogP contribution in [0.2, 0.25) is 0 Å². The Hall–Kier alpha value is 0.310. The van der Waals surface area contributed by atoms with Gasteiger partial charge in [-0.3, -0.25) is 0 Å². The van der Waals surface area contributed by atoms with E-state index in [2.05, 4.69) is 30.9 Å². The van der Waals surface area contributed by atoms with Gasteiger partial charge in [-0.1, -0.05) is 20.3 Å². The van der Waals surface area contributed by atoms with Crippen molar-refractivity contribution in [3.8, 4) is 0 Å². The van der Waals surface area contributed by atoms with Gasteiger partial charge in [-0.05, 0) is 6.42 Å². The molecule has 1 aliphatic rings. The molecule has 0 saturated carbocycles. The predicted molar refractivity (Wildman–Crippen MR) is 43.8 cm³/mol. The van der Waals surface area contributed by atoms with E-state index >= 15 is 0 Å². The summed E-state index contributed by atoms with van der Waals surface area (Å²) in [7, 11) is 0. The van der Waals surface area contributed by atoms with Crippen LogP contribution in [0, 0.1) is 0 Å². The van der Waals surface area contributed by atoms with Gasteiger partial charge in [0.1, 0.15) is 0 Å². The van der Waals surface area contributed by atoms with Crippen LogP contribution in [0.1, 0.15) is 26.7 Å². The van der Waals surface area contributed by atoms with Gasteiger partial charge in [-0.25, -0.2) is 0 Å². The van der Waals surface area contributed by atoms with Gasteiger partial charge in [0.05, 0.1) is 5.37 Å². The third kappa shape index (κ3) is 2.18. The predicted octanol–water partition coefficient (Wildman–Crippen LogP) is 1.84. The fourth-order valence-corrected chi connectivity index (χ4v) is 2.42. The molecule has 1 fully saturated rings. The second-order valence-corrected chi connectivity index (χ2v) is 4.28. The molecule has 1 heterocycles. The minimum atomic E-state index is 0.755. The third-order valence-corrected chi connectivity index (χ3v) is 2.94. The van der Waals surface area contributed by atoms with Gasteiger partial charge in [0.15, 0.2) is 0 Å². The first kappa shape index (κ1) is 7.42. The molecule has 0 spiro atoms. The van der Waals surface area contributed by atoms with Gasteiger partial charge in [0.2, 0.25) is 0 Å². The molecule has 2 atom stereocenters. The summed E-state index contributed by atoms with van der Waals surface area (Å²) < 4.78 is 0. The molecule has 1 N–H and O–H groups in total. The Morgan fingerprint density at radius 2 is 2.44 bits per heavy atom. The Labute approximate surface area is 61.6 Å². The molecular formula is C7H15NS. The number of nitrogens with one attached hydrogen (secondary N) is 1. The van der Waals surface area contributed by atoms with Crippen molar-refractivity contribution in [2.75, 3.05) is 6.54 Å². The molecule has 1 saturated heterocycles. The maximum Gasteiger partial charge on any atom is 0.0535 e. The number of rotatable bonds is 2. The molecule has 0 aromatic rings. The van der Waals surface area contributed by atoms with E-state index in [0.29, 0.717) is 0 Å². The third-order valence-electron chi connectivity index (χ3n) is 1.58. The lowest BCUT2D eigenvalue weighted by Crippen LogP contribution is -2.19. The van der Waals surface area contributed by atoms with Crippen LogP contribution in [0.5, 0.6) is 0 Å².